The van der Waals surface area contributed by atoms with E-state index in [1.807, 2.05) is 53.2 Å². The molecule has 2 nitrogen and oxygen atoms in total. The topological polar surface area (TPSA) is 20.9 Å². The molecule has 0 atom stereocenters. The second-order valence-electron chi connectivity index (χ2n) is 18.5. The van der Waals surface area contributed by atoms with Crippen LogP contribution in [-0.4, -0.2) is 11.9 Å². The number of pyridine rings is 1. The molecule has 0 amide bonds. The highest BCUT2D eigenvalue weighted by Crippen LogP contribution is 2.41. The maximum atomic E-state index is 14.2. The third-order valence-corrected chi connectivity index (χ3v) is 12.7. The van der Waals surface area contributed by atoms with Gasteiger partial charge in [-0.05, 0) is 53.9 Å². The summed E-state index contributed by atoms with van der Waals surface area (Å²) in [6.07, 6.45) is -52.8. The van der Waals surface area contributed by atoms with Crippen LogP contribution in [0, 0.1) is 0 Å². The molecular weight excluding hydrogens is 1150 g/mol. The molecule has 0 saturated carbocycles. The van der Waals surface area contributed by atoms with E-state index < -0.39 is 195 Å². The van der Waals surface area contributed by atoms with Gasteiger partial charge in [0.05, 0.1) is 44.5 Å². The van der Waals surface area contributed by atoms with Gasteiger partial charge in [-0.3, -0.25) is 4.79 Å². The van der Waals surface area contributed by atoms with Crippen molar-refractivity contribution in [3.8, 4) is 11.3 Å². The van der Waals surface area contributed by atoms with Crippen LogP contribution in [0.1, 0.15) is 80.2 Å². The maximum absolute atomic E-state index is 14.2. The van der Waals surface area contributed by atoms with Gasteiger partial charge in [0.15, 0.2) is 6.20 Å². The van der Waals surface area contributed by atoms with Crippen molar-refractivity contribution in [1.29, 1.82) is 0 Å². The molecule has 0 aliphatic heterocycles. The number of carbonyl (C=O) groups is 1. The number of hydrogen-bond donors (Lipinski definition) is 0. The number of ketones is 1. The van der Waals surface area contributed by atoms with Gasteiger partial charge >= 0.3 is 49.4 Å². The van der Waals surface area contributed by atoms with Crippen molar-refractivity contribution >= 4 is 33.8 Å². The molecule has 0 saturated heterocycles. The first kappa shape index (κ1) is 62.7. The van der Waals surface area contributed by atoms with Gasteiger partial charge in [-0.15, -0.1) is 0 Å². The lowest BCUT2D eigenvalue weighted by Gasteiger charge is -2.46. The van der Waals surface area contributed by atoms with Gasteiger partial charge in [-0.2, -0.15) is 132 Å². The molecule has 7 aromatic rings. The molecule has 81 heavy (non-hydrogen) atoms. The Kier molecular flexibility index (Phi) is 17.1. The summed E-state index contributed by atoms with van der Waals surface area (Å²) in [4.78, 5) is 12.5. The lowest BCUT2D eigenvalue weighted by atomic mass is 9.12. The fraction of sp³-hybridized carbons (Fsp3) is 0.222. The average molecular weight is 1180 g/mol. The molecule has 6 aromatic carbocycles. The van der Waals surface area contributed by atoms with E-state index >= 15 is 0 Å². The average Bonchev–Trinajstić information content (AvgIpc) is 3.35. The van der Waals surface area contributed by atoms with Gasteiger partial charge in [-0.25, -0.2) is 0 Å². The highest BCUT2D eigenvalue weighted by molar-refractivity contribution is 7.20. The predicted molar refractivity (Wildman–Crippen MR) is 247 cm³/mol. The zero-order valence-electron chi connectivity index (χ0n) is 40.7. The van der Waals surface area contributed by atoms with Crippen LogP contribution in [0.5, 0.6) is 0 Å². The first-order chi connectivity index (χ1) is 36.9. The van der Waals surface area contributed by atoms with E-state index in [9.17, 15) is 110 Å². The Bertz CT molecular complexity index is 2940. The minimum absolute atomic E-state index is 0.117. The van der Waals surface area contributed by atoms with Crippen LogP contribution >= 0.6 is 0 Å². The van der Waals surface area contributed by atoms with Crippen molar-refractivity contribution in [3.63, 3.8) is 0 Å². The quantitative estimate of drug-likeness (QED) is 0.0611. The highest BCUT2D eigenvalue weighted by Gasteiger charge is 2.47. The van der Waals surface area contributed by atoms with E-state index in [1.54, 1.807) is 0 Å². The maximum Gasteiger partial charge on any atom is 0.416 e. The molecule has 0 bridgehead atoms. The molecule has 27 heteroatoms. The van der Waals surface area contributed by atoms with Gasteiger partial charge in [0.1, 0.15) is 6.15 Å². The molecule has 0 N–H and O–H groups in total. The van der Waals surface area contributed by atoms with E-state index in [2.05, 4.69) is 44.2 Å². The Morgan fingerprint density at radius 2 is 0.642 bits per heavy atom. The molecule has 0 radical (unpaired) electrons. The number of halogens is 24. The Morgan fingerprint density at radius 3 is 0.901 bits per heavy atom. The van der Waals surface area contributed by atoms with Crippen molar-refractivity contribution in [2.45, 2.75) is 75.7 Å². The van der Waals surface area contributed by atoms with E-state index in [0.717, 1.165) is 16.8 Å². The van der Waals surface area contributed by atoms with Crippen LogP contribution in [0.15, 0.2) is 152 Å². The van der Waals surface area contributed by atoms with Gasteiger partial charge in [-0.1, -0.05) is 105 Å². The fourth-order valence-corrected chi connectivity index (χ4v) is 8.86. The van der Waals surface area contributed by atoms with Crippen molar-refractivity contribution in [2.24, 2.45) is 0 Å². The number of benzene rings is 6. The normalized spacial score (nSPS) is 13.3. The lowest BCUT2D eigenvalue weighted by Crippen LogP contribution is -2.75. The van der Waals surface area contributed by atoms with E-state index in [1.165, 1.54) is 5.56 Å². The standard InChI is InChI=1S/C32H12BF24.C22H22NO/c34-25(35,36)13-1-14(26(37,38)39)6-21(5-13)33(22-7-15(27(40,41)42)2-16(8-22)28(43,44)45,23-9-17(29(46,47)48)3-18(10-23)30(49,50)51)24-11-19(31(52,53)54)4-20(12-24)32(55,56)57;1-17(2)18-11-13-19(14-12-18)21-10-6-7-15-23(21)16-22(24)20-8-4-3-5-9-20/h1-12H;3-15,17H,16H2,1-2H3/q-1;+1. The minimum Gasteiger partial charge on any atom is -0.287 e. The first-order valence-electron chi connectivity index (χ1n) is 22.9. The predicted octanol–water partition coefficient (Wildman–Crippen LogP) is 15.9. The summed E-state index contributed by atoms with van der Waals surface area (Å²) in [7, 11) is 0. The Hall–Kier alpha value is -7.48. The second-order valence-corrected chi connectivity index (χ2v) is 18.5. The summed E-state index contributed by atoms with van der Waals surface area (Å²) in [5.41, 5.74) is -26.0. The molecule has 0 aliphatic carbocycles. The molecule has 1 aromatic heterocycles. The summed E-state index contributed by atoms with van der Waals surface area (Å²) in [6.45, 7) is 4.72. The zero-order chi connectivity index (χ0) is 60.9. The number of rotatable bonds is 9. The first-order valence-corrected chi connectivity index (χ1v) is 22.9. The van der Waals surface area contributed by atoms with E-state index in [4.69, 9.17) is 0 Å². The van der Waals surface area contributed by atoms with Gasteiger partial charge < -0.3 is 0 Å². The number of alkyl halides is 24. The molecule has 1 heterocycles. The molecule has 0 fully saturated rings. The summed E-state index contributed by atoms with van der Waals surface area (Å²) in [5, 5.41) is 0. The Morgan fingerprint density at radius 1 is 0.370 bits per heavy atom. The number of carbonyl (C=O) groups excluding carboxylic acids is 1. The summed E-state index contributed by atoms with van der Waals surface area (Å²) >= 11 is 0. The molecular formula is C54H34BF24NO. The van der Waals surface area contributed by atoms with Crippen LogP contribution in [0.4, 0.5) is 105 Å². The summed E-state index contributed by atoms with van der Waals surface area (Å²) in [6, 6.07) is 15.3. The van der Waals surface area contributed by atoms with Crippen LogP contribution in [0.25, 0.3) is 11.3 Å². The number of aromatic nitrogens is 1. The van der Waals surface area contributed by atoms with Crippen LogP contribution in [0.3, 0.4) is 0 Å². The molecule has 0 spiro atoms. The molecule has 0 aliphatic rings. The highest BCUT2D eigenvalue weighted by atomic mass is 19.4. The number of hydrogen-bond acceptors (Lipinski definition) is 1. The second kappa shape index (κ2) is 22.1. The van der Waals surface area contributed by atoms with Gasteiger partial charge in [0.2, 0.25) is 18.0 Å². The SMILES string of the molecule is CC(C)c1ccc(-c2cccc[n+]2CC(=O)c2ccccc2)cc1.FC(F)(F)c1cc([B-](c2cc(C(F)(F)F)cc(C(F)(F)F)c2)(c2cc(C(F)(F)F)cc(C(F)(F)F)c2)c2cc(C(F)(F)F)cc(C(F)(F)F)c2)cc(C(F)(F)F)c1. The van der Waals surface area contributed by atoms with Gasteiger partial charge in [0.25, 0.3) is 0 Å². The van der Waals surface area contributed by atoms with Crippen molar-refractivity contribution in [1.82, 2.24) is 0 Å². The van der Waals surface area contributed by atoms with Crippen molar-refractivity contribution in [2.75, 3.05) is 0 Å². The van der Waals surface area contributed by atoms with E-state index in [-0.39, 0.29) is 5.78 Å². The largest absolute Gasteiger partial charge is 0.416 e. The number of Topliss-reactive ketones (excluding diaryl/α,β-unsaturated/α-hetero) is 1. The van der Waals surface area contributed by atoms with Crippen LogP contribution < -0.4 is 26.4 Å². The van der Waals surface area contributed by atoms with Gasteiger partial charge in [0, 0.05) is 23.3 Å². The zero-order valence-corrected chi connectivity index (χ0v) is 40.7. The minimum atomic E-state index is -6.13. The molecule has 7 rings (SSSR count). The lowest BCUT2D eigenvalue weighted by molar-refractivity contribution is -0.672. The monoisotopic (exact) mass is 1180 g/mol. The van der Waals surface area contributed by atoms with Crippen molar-refractivity contribution < 1.29 is 115 Å². The summed E-state index contributed by atoms with van der Waals surface area (Å²) < 4.78 is 343. The molecule has 0 unspecified atom stereocenters. The van der Waals surface area contributed by atoms with Crippen LogP contribution in [0.2, 0.25) is 0 Å². The van der Waals surface area contributed by atoms with Crippen LogP contribution in [-0.2, 0) is 56.0 Å². The van der Waals surface area contributed by atoms with Crippen molar-refractivity contribution in [3.05, 3.63) is 207 Å². The molecule has 432 valence electrons. The number of nitrogens with zero attached hydrogens (tertiary/aromatic N) is 1. The summed E-state index contributed by atoms with van der Waals surface area (Å²) in [5.74, 6) is 0.633. The Labute approximate surface area is 442 Å². The third kappa shape index (κ3) is 14.5. The smallest absolute Gasteiger partial charge is 0.287 e. The van der Waals surface area contributed by atoms with E-state index in [0.29, 0.717) is 12.5 Å². The Balaban J connectivity index is 0.000000363. The fourth-order valence-electron chi connectivity index (χ4n) is 8.86. The third-order valence-electron chi connectivity index (χ3n) is 12.7.